The lowest BCUT2D eigenvalue weighted by molar-refractivity contribution is -0.0830. The molecule has 1 aliphatic rings. The summed E-state index contributed by atoms with van der Waals surface area (Å²) in [6, 6.07) is 0. The van der Waals surface area contributed by atoms with Crippen LogP contribution in [0.25, 0.3) is 0 Å². The average Bonchev–Trinajstić information content (AvgIpc) is 2.05. The van der Waals surface area contributed by atoms with E-state index in [1.54, 1.807) is 0 Å². The molecule has 1 rings (SSSR count). The quantitative estimate of drug-likeness (QED) is 0.526. The maximum atomic E-state index is 9.13. The van der Waals surface area contributed by atoms with Crippen LogP contribution in [0.5, 0.6) is 0 Å². The number of oxime groups is 1. The highest BCUT2D eigenvalue weighted by molar-refractivity contribution is 6.69. The highest BCUT2D eigenvalue weighted by Gasteiger charge is 2.13. The number of hydrogen-bond donors (Lipinski definition) is 1. The van der Waals surface area contributed by atoms with Gasteiger partial charge in [-0.1, -0.05) is 22.8 Å². The number of nitrogens with zero attached hydrogens (tertiary/aromatic N) is 2. The normalized spacial score (nSPS) is 20.6. The van der Waals surface area contributed by atoms with Crippen LogP contribution in [0, 0.1) is 0 Å². The minimum atomic E-state index is 0.302. The van der Waals surface area contributed by atoms with Crippen LogP contribution >= 0.6 is 11.6 Å². The predicted octanol–water partition coefficient (Wildman–Crippen LogP) is 1.21. The Bertz CT molecular complexity index is 215. The maximum absolute atomic E-state index is 9.13. The molecule has 0 aliphatic carbocycles. The molecule has 5 heteroatoms. The second-order valence-corrected chi connectivity index (χ2v) is 2.83. The third kappa shape index (κ3) is 2.48. The SMILES string of the molecule is CO/N=C(\Cl)C1=CCCN(O)C1. The number of halogens is 1. The first-order chi connectivity index (χ1) is 5.74. The van der Waals surface area contributed by atoms with Gasteiger partial charge in [-0.25, -0.2) is 0 Å². The molecule has 4 nitrogen and oxygen atoms in total. The largest absolute Gasteiger partial charge is 0.398 e. The lowest BCUT2D eigenvalue weighted by Crippen LogP contribution is -2.28. The molecule has 0 atom stereocenters. The van der Waals surface area contributed by atoms with Gasteiger partial charge in [0.15, 0.2) is 5.17 Å². The van der Waals surface area contributed by atoms with Gasteiger partial charge in [-0.05, 0) is 6.42 Å². The topological polar surface area (TPSA) is 45.1 Å². The molecular formula is C7H11ClN2O2. The van der Waals surface area contributed by atoms with Crippen LogP contribution in [-0.2, 0) is 4.84 Å². The zero-order valence-corrected chi connectivity index (χ0v) is 7.58. The van der Waals surface area contributed by atoms with Crippen molar-refractivity contribution in [2.24, 2.45) is 5.16 Å². The van der Waals surface area contributed by atoms with E-state index in [4.69, 9.17) is 16.8 Å². The van der Waals surface area contributed by atoms with Gasteiger partial charge in [0.2, 0.25) is 0 Å². The van der Waals surface area contributed by atoms with Gasteiger partial charge in [-0.3, -0.25) is 0 Å². The van der Waals surface area contributed by atoms with E-state index >= 15 is 0 Å². The van der Waals surface area contributed by atoms with Crippen molar-refractivity contribution >= 4 is 16.8 Å². The highest BCUT2D eigenvalue weighted by atomic mass is 35.5. The average molecular weight is 191 g/mol. The minimum Gasteiger partial charge on any atom is -0.398 e. The highest BCUT2D eigenvalue weighted by Crippen LogP contribution is 2.11. The Morgan fingerprint density at radius 3 is 3.17 bits per heavy atom. The van der Waals surface area contributed by atoms with Crippen molar-refractivity contribution in [3.8, 4) is 0 Å². The monoisotopic (exact) mass is 190 g/mol. The third-order valence-corrected chi connectivity index (χ3v) is 1.88. The molecule has 0 spiro atoms. The molecule has 1 heterocycles. The van der Waals surface area contributed by atoms with Crippen LogP contribution in [0.2, 0.25) is 0 Å². The molecule has 0 aromatic heterocycles. The first-order valence-electron chi connectivity index (χ1n) is 3.64. The summed E-state index contributed by atoms with van der Waals surface area (Å²) in [4.78, 5) is 4.51. The van der Waals surface area contributed by atoms with E-state index in [0.717, 1.165) is 12.0 Å². The van der Waals surface area contributed by atoms with E-state index in [0.29, 0.717) is 18.3 Å². The van der Waals surface area contributed by atoms with Gasteiger partial charge < -0.3 is 10.0 Å². The molecule has 1 N–H and O–H groups in total. The van der Waals surface area contributed by atoms with E-state index in [1.807, 2.05) is 6.08 Å². The molecule has 0 saturated heterocycles. The molecule has 0 bridgehead atoms. The van der Waals surface area contributed by atoms with Crippen LogP contribution in [0.4, 0.5) is 0 Å². The zero-order valence-electron chi connectivity index (χ0n) is 6.83. The van der Waals surface area contributed by atoms with Crippen LogP contribution in [0.3, 0.4) is 0 Å². The Hall–Kier alpha value is -0.580. The molecule has 0 radical (unpaired) electrons. The summed E-state index contributed by atoms with van der Waals surface area (Å²) >= 11 is 5.74. The van der Waals surface area contributed by atoms with Gasteiger partial charge in [0, 0.05) is 12.1 Å². The van der Waals surface area contributed by atoms with Crippen molar-refractivity contribution in [3.05, 3.63) is 11.6 Å². The first-order valence-corrected chi connectivity index (χ1v) is 4.01. The van der Waals surface area contributed by atoms with Gasteiger partial charge in [0.25, 0.3) is 0 Å². The molecule has 0 aromatic rings. The molecule has 0 saturated carbocycles. The molecular weight excluding hydrogens is 180 g/mol. The third-order valence-electron chi connectivity index (χ3n) is 1.57. The lowest BCUT2D eigenvalue weighted by Gasteiger charge is -2.19. The fraction of sp³-hybridized carbons (Fsp3) is 0.571. The van der Waals surface area contributed by atoms with E-state index in [1.165, 1.54) is 12.2 Å². The summed E-state index contributed by atoms with van der Waals surface area (Å²) in [6.45, 7) is 1.05. The van der Waals surface area contributed by atoms with Gasteiger partial charge in [0.1, 0.15) is 7.11 Å². The molecule has 0 amide bonds. The molecule has 1 aliphatic heterocycles. The van der Waals surface area contributed by atoms with Crippen molar-refractivity contribution < 1.29 is 10.0 Å². The van der Waals surface area contributed by atoms with Gasteiger partial charge >= 0.3 is 0 Å². The standard InChI is InChI=1S/C7H11ClN2O2/c1-12-9-7(8)6-3-2-4-10(11)5-6/h3,11H,2,4-5H2,1H3/b9-7-. The molecule has 0 fully saturated rings. The van der Waals surface area contributed by atoms with Crippen molar-refractivity contribution in [3.63, 3.8) is 0 Å². The van der Waals surface area contributed by atoms with E-state index < -0.39 is 0 Å². The summed E-state index contributed by atoms with van der Waals surface area (Å²) in [5, 5.41) is 14.2. The fourth-order valence-corrected chi connectivity index (χ4v) is 1.22. The molecule has 0 aromatic carbocycles. The summed E-state index contributed by atoms with van der Waals surface area (Å²) in [6.07, 6.45) is 2.72. The summed E-state index contributed by atoms with van der Waals surface area (Å²) in [7, 11) is 1.43. The van der Waals surface area contributed by atoms with Crippen molar-refractivity contribution in [2.45, 2.75) is 6.42 Å². The second kappa shape index (κ2) is 4.45. The Morgan fingerprint density at radius 1 is 1.83 bits per heavy atom. The van der Waals surface area contributed by atoms with Crippen LogP contribution in [-0.4, -0.2) is 35.6 Å². The van der Waals surface area contributed by atoms with E-state index in [2.05, 4.69) is 9.99 Å². The fourth-order valence-electron chi connectivity index (χ4n) is 1.02. The number of hydrogen-bond acceptors (Lipinski definition) is 4. The second-order valence-electron chi connectivity index (χ2n) is 2.47. The Kier molecular flexibility index (Phi) is 3.52. The molecule has 68 valence electrons. The molecule has 12 heavy (non-hydrogen) atoms. The Balaban J connectivity index is 2.62. The van der Waals surface area contributed by atoms with E-state index in [9.17, 15) is 0 Å². The Labute approximate surface area is 76.0 Å². The first kappa shape index (κ1) is 9.51. The molecule has 0 unspecified atom stereocenters. The number of rotatable bonds is 2. The van der Waals surface area contributed by atoms with Crippen molar-refractivity contribution in [2.75, 3.05) is 20.2 Å². The zero-order chi connectivity index (χ0) is 8.97. The smallest absolute Gasteiger partial charge is 0.172 e. The van der Waals surface area contributed by atoms with Gasteiger partial charge in [-0.15, -0.1) is 0 Å². The van der Waals surface area contributed by atoms with Gasteiger partial charge in [0.05, 0.1) is 6.54 Å². The lowest BCUT2D eigenvalue weighted by atomic mass is 10.1. The summed E-state index contributed by atoms with van der Waals surface area (Å²) in [5.74, 6) is 0. The summed E-state index contributed by atoms with van der Waals surface area (Å²) < 4.78 is 0. The van der Waals surface area contributed by atoms with Crippen LogP contribution in [0.15, 0.2) is 16.8 Å². The Morgan fingerprint density at radius 2 is 2.58 bits per heavy atom. The van der Waals surface area contributed by atoms with Crippen LogP contribution < -0.4 is 0 Å². The van der Waals surface area contributed by atoms with Crippen molar-refractivity contribution in [1.29, 1.82) is 0 Å². The van der Waals surface area contributed by atoms with Gasteiger partial charge in [-0.2, -0.15) is 5.06 Å². The number of hydroxylamine groups is 2. The van der Waals surface area contributed by atoms with Crippen LogP contribution in [0.1, 0.15) is 6.42 Å². The minimum absolute atomic E-state index is 0.302. The summed E-state index contributed by atoms with van der Waals surface area (Å²) in [5.41, 5.74) is 0.798. The van der Waals surface area contributed by atoms with Crippen molar-refractivity contribution in [1.82, 2.24) is 5.06 Å². The maximum Gasteiger partial charge on any atom is 0.172 e. The predicted molar refractivity (Wildman–Crippen MR) is 46.4 cm³/mol. The van der Waals surface area contributed by atoms with E-state index in [-0.39, 0.29) is 0 Å².